The predicted molar refractivity (Wildman–Crippen MR) is 99.1 cm³/mol. The van der Waals surface area contributed by atoms with Crippen LogP contribution in [0.15, 0.2) is 70.9 Å². The summed E-state index contributed by atoms with van der Waals surface area (Å²) in [6.07, 6.45) is 0. The Morgan fingerprint density at radius 1 is 1.04 bits per heavy atom. The van der Waals surface area contributed by atoms with Gasteiger partial charge >= 0.3 is 0 Å². The number of thiophene rings is 1. The van der Waals surface area contributed by atoms with Gasteiger partial charge in [0.25, 0.3) is 0 Å². The largest absolute Gasteiger partial charge is 0.241 e. The Bertz CT molecular complexity index is 920. The average molecular weight is 378 g/mol. The maximum atomic E-state index is 12.8. The molecule has 3 aromatic rings. The number of halogens is 1. The lowest BCUT2D eigenvalue weighted by Gasteiger charge is -2.18. The smallest absolute Gasteiger partial charge is 0.207 e. The van der Waals surface area contributed by atoms with Crippen molar-refractivity contribution in [3.8, 4) is 0 Å². The molecule has 0 aliphatic carbocycles. The molecule has 3 nitrogen and oxygen atoms in total. The topological polar surface area (TPSA) is 46.2 Å². The monoisotopic (exact) mass is 377 g/mol. The molecule has 0 fully saturated rings. The highest BCUT2D eigenvalue weighted by Crippen LogP contribution is 2.28. The summed E-state index contributed by atoms with van der Waals surface area (Å²) in [5.41, 5.74) is 2.02. The van der Waals surface area contributed by atoms with Crippen LogP contribution in [0, 0.1) is 6.92 Å². The molecule has 0 saturated carbocycles. The van der Waals surface area contributed by atoms with E-state index in [1.807, 2.05) is 48.7 Å². The van der Waals surface area contributed by atoms with Crippen molar-refractivity contribution in [1.29, 1.82) is 0 Å². The highest BCUT2D eigenvalue weighted by molar-refractivity contribution is 7.89. The summed E-state index contributed by atoms with van der Waals surface area (Å²) in [4.78, 5) is 1.09. The van der Waals surface area contributed by atoms with Crippen molar-refractivity contribution >= 4 is 33.0 Å². The van der Waals surface area contributed by atoms with Gasteiger partial charge in [0, 0.05) is 9.90 Å². The fourth-order valence-electron chi connectivity index (χ4n) is 2.36. The minimum absolute atomic E-state index is 0.156. The first-order valence-corrected chi connectivity index (χ1v) is 10.1. The summed E-state index contributed by atoms with van der Waals surface area (Å²) in [5, 5.41) is 2.32. The summed E-state index contributed by atoms with van der Waals surface area (Å²) in [7, 11) is -3.69. The number of sulfonamides is 1. The number of nitrogens with one attached hydrogen (secondary N) is 1. The predicted octanol–water partition coefficient (Wildman–Crippen LogP) is 4.78. The van der Waals surface area contributed by atoms with Gasteiger partial charge in [0.1, 0.15) is 0 Å². The molecule has 124 valence electrons. The fraction of sp³-hybridized carbons (Fsp3) is 0.111. The summed E-state index contributed by atoms with van der Waals surface area (Å²) >= 11 is 7.45. The quantitative estimate of drug-likeness (QED) is 0.695. The second-order valence-corrected chi connectivity index (χ2v) is 8.57. The maximum Gasteiger partial charge on any atom is 0.241 e. The van der Waals surface area contributed by atoms with Crippen molar-refractivity contribution < 1.29 is 8.42 Å². The van der Waals surface area contributed by atoms with Crippen LogP contribution in [0.1, 0.15) is 22.0 Å². The third-order valence-electron chi connectivity index (χ3n) is 3.62. The molecule has 24 heavy (non-hydrogen) atoms. The van der Waals surface area contributed by atoms with E-state index in [0.717, 1.165) is 16.0 Å². The molecule has 0 aliphatic rings. The molecule has 1 unspecified atom stereocenters. The van der Waals surface area contributed by atoms with Crippen LogP contribution in [0.2, 0.25) is 5.02 Å². The third-order valence-corrected chi connectivity index (χ3v) is 6.21. The Kier molecular flexibility index (Phi) is 5.06. The van der Waals surface area contributed by atoms with Crippen molar-refractivity contribution in [3.63, 3.8) is 0 Å². The van der Waals surface area contributed by atoms with Crippen LogP contribution >= 0.6 is 22.9 Å². The van der Waals surface area contributed by atoms with Gasteiger partial charge in [0.15, 0.2) is 0 Å². The van der Waals surface area contributed by atoms with Crippen molar-refractivity contribution in [3.05, 3.63) is 87.1 Å². The van der Waals surface area contributed by atoms with Crippen LogP contribution in [0.5, 0.6) is 0 Å². The van der Waals surface area contributed by atoms with E-state index in [-0.39, 0.29) is 4.90 Å². The average Bonchev–Trinajstić information content (AvgIpc) is 3.08. The Labute approximate surface area is 151 Å². The molecule has 0 amide bonds. The van der Waals surface area contributed by atoms with Crippen LogP contribution in [0.25, 0.3) is 0 Å². The first-order valence-electron chi connectivity index (χ1n) is 7.33. The summed E-state index contributed by atoms with van der Waals surface area (Å²) < 4.78 is 28.3. The zero-order valence-electron chi connectivity index (χ0n) is 12.9. The lowest BCUT2D eigenvalue weighted by atomic mass is 10.0. The van der Waals surface area contributed by atoms with Crippen LogP contribution < -0.4 is 4.72 Å². The molecular weight excluding hydrogens is 362 g/mol. The minimum Gasteiger partial charge on any atom is -0.207 e. The van der Waals surface area contributed by atoms with E-state index in [4.69, 9.17) is 11.6 Å². The Hall–Kier alpha value is -1.66. The summed E-state index contributed by atoms with van der Waals surface area (Å²) in [5.74, 6) is 0. The van der Waals surface area contributed by atoms with Crippen LogP contribution in [-0.2, 0) is 10.0 Å². The van der Waals surface area contributed by atoms with Gasteiger partial charge in [-0.2, -0.15) is 4.72 Å². The minimum atomic E-state index is -3.69. The summed E-state index contributed by atoms with van der Waals surface area (Å²) in [6, 6.07) is 17.5. The molecule has 0 saturated heterocycles. The van der Waals surface area contributed by atoms with Crippen molar-refractivity contribution in [1.82, 2.24) is 4.72 Å². The van der Waals surface area contributed by atoms with Gasteiger partial charge in [-0.3, -0.25) is 0 Å². The molecule has 1 atom stereocenters. The summed E-state index contributed by atoms with van der Waals surface area (Å²) in [6.45, 7) is 2.00. The molecule has 0 bridgehead atoms. The second-order valence-electron chi connectivity index (χ2n) is 5.44. The highest BCUT2D eigenvalue weighted by Gasteiger charge is 2.23. The van der Waals surface area contributed by atoms with Gasteiger partial charge in [-0.05, 0) is 42.1 Å². The molecule has 1 heterocycles. The van der Waals surface area contributed by atoms with Gasteiger partial charge in [-0.25, -0.2) is 8.42 Å². The number of aryl methyl sites for hydroxylation is 1. The Morgan fingerprint density at radius 3 is 2.42 bits per heavy atom. The lowest BCUT2D eigenvalue weighted by molar-refractivity contribution is 0.573. The number of benzene rings is 2. The van der Waals surface area contributed by atoms with E-state index in [0.29, 0.717) is 5.02 Å². The molecule has 6 heteroatoms. The van der Waals surface area contributed by atoms with Crippen LogP contribution in [0.3, 0.4) is 0 Å². The number of hydrogen-bond acceptors (Lipinski definition) is 3. The molecular formula is C18H16ClNO2S2. The van der Waals surface area contributed by atoms with Crippen molar-refractivity contribution in [2.75, 3.05) is 0 Å². The van der Waals surface area contributed by atoms with Gasteiger partial charge < -0.3 is 0 Å². The fourth-order valence-corrected chi connectivity index (χ4v) is 4.74. The van der Waals surface area contributed by atoms with E-state index in [1.165, 1.54) is 23.5 Å². The first kappa shape index (κ1) is 17.2. The van der Waals surface area contributed by atoms with Crippen LogP contribution in [-0.4, -0.2) is 8.42 Å². The Balaban J connectivity index is 1.99. The Morgan fingerprint density at radius 2 is 1.79 bits per heavy atom. The standard InChI is InChI=1S/C18H16ClNO2S2/c1-13-7-9-14(10-8-13)18(17-6-3-11-23-17)20-24(21,22)16-5-2-4-15(19)12-16/h2-12,18,20H,1H3. The van der Waals surface area contributed by atoms with Crippen LogP contribution in [0.4, 0.5) is 0 Å². The van der Waals surface area contributed by atoms with E-state index in [2.05, 4.69) is 4.72 Å². The van der Waals surface area contributed by atoms with Gasteiger partial charge in [-0.15, -0.1) is 11.3 Å². The van der Waals surface area contributed by atoms with Crippen molar-refractivity contribution in [2.24, 2.45) is 0 Å². The molecule has 3 rings (SSSR count). The SMILES string of the molecule is Cc1ccc(C(NS(=O)(=O)c2cccc(Cl)c2)c2cccs2)cc1. The normalized spacial score (nSPS) is 12.9. The molecule has 1 N–H and O–H groups in total. The number of rotatable bonds is 5. The molecule has 1 aromatic heterocycles. The molecule has 2 aromatic carbocycles. The van der Waals surface area contributed by atoms with Gasteiger partial charge in [0.05, 0.1) is 10.9 Å². The zero-order valence-corrected chi connectivity index (χ0v) is 15.3. The van der Waals surface area contributed by atoms with E-state index in [9.17, 15) is 8.42 Å². The molecule has 0 aliphatic heterocycles. The molecule has 0 radical (unpaired) electrons. The van der Waals surface area contributed by atoms with E-state index < -0.39 is 16.1 Å². The van der Waals surface area contributed by atoms with E-state index >= 15 is 0 Å². The van der Waals surface area contributed by atoms with Gasteiger partial charge in [-0.1, -0.05) is 53.6 Å². The third kappa shape index (κ3) is 3.87. The lowest BCUT2D eigenvalue weighted by Crippen LogP contribution is -2.29. The molecule has 0 spiro atoms. The number of hydrogen-bond donors (Lipinski definition) is 1. The van der Waals surface area contributed by atoms with Crippen molar-refractivity contribution in [2.45, 2.75) is 17.9 Å². The zero-order chi connectivity index (χ0) is 17.2. The highest BCUT2D eigenvalue weighted by atomic mass is 35.5. The second kappa shape index (κ2) is 7.07. The first-order chi connectivity index (χ1) is 11.5. The van der Waals surface area contributed by atoms with E-state index in [1.54, 1.807) is 12.1 Å². The maximum absolute atomic E-state index is 12.8. The van der Waals surface area contributed by atoms with Gasteiger partial charge in [0.2, 0.25) is 10.0 Å².